The zero-order valence-electron chi connectivity index (χ0n) is 11.1. The van der Waals surface area contributed by atoms with E-state index in [0.717, 1.165) is 4.90 Å². The molecule has 0 saturated heterocycles. The van der Waals surface area contributed by atoms with E-state index in [-0.39, 0.29) is 0 Å². The summed E-state index contributed by atoms with van der Waals surface area (Å²) >= 11 is 7.58. The summed E-state index contributed by atoms with van der Waals surface area (Å²) in [5.41, 5.74) is 0.337. The lowest BCUT2D eigenvalue weighted by Gasteiger charge is -2.10. The van der Waals surface area contributed by atoms with Crippen LogP contribution in [0.1, 0.15) is 10.4 Å². The first-order valence-electron chi connectivity index (χ1n) is 5.84. The van der Waals surface area contributed by atoms with Gasteiger partial charge in [-0.2, -0.15) is 0 Å². The molecule has 2 aromatic rings. The fourth-order valence-electron chi connectivity index (χ4n) is 1.65. The summed E-state index contributed by atoms with van der Waals surface area (Å²) in [7, 11) is 1.52. The molecule has 3 nitrogen and oxygen atoms in total. The van der Waals surface area contributed by atoms with E-state index in [1.54, 1.807) is 36.4 Å². The second kappa shape index (κ2) is 6.68. The molecule has 0 aromatic heterocycles. The van der Waals surface area contributed by atoms with Gasteiger partial charge in [0.05, 0.1) is 17.7 Å². The van der Waals surface area contributed by atoms with Crippen molar-refractivity contribution in [3.63, 3.8) is 0 Å². The van der Waals surface area contributed by atoms with E-state index in [4.69, 9.17) is 21.1 Å². The minimum atomic E-state index is -0.504. The Labute approximate surface area is 126 Å². The number of hydrogen-bond donors (Lipinski definition) is 0. The molecule has 0 spiro atoms. The van der Waals surface area contributed by atoms with Crippen LogP contribution >= 0.6 is 23.4 Å². The van der Waals surface area contributed by atoms with Crippen LogP contribution in [0.15, 0.2) is 47.4 Å². The minimum Gasteiger partial charge on any atom is -0.493 e. The summed E-state index contributed by atoms with van der Waals surface area (Å²) < 4.78 is 10.5. The maximum Gasteiger partial charge on any atom is 0.345 e. The van der Waals surface area contributed by atoms with Crippen LogP contribution < -0.4 is 9.47 Å². The van der Waals surface area contributed by atoms with Gasteiger partial charge in [0.1, 0.15) is 0 Å². The van der Waals surface area contributed by atoms with E-state index in [1.807, 2.05) is 12.3 Å². The molecule has 104 valence electrons. The Kier molecular flexibility index (Phi) is 4.93. The first-order valence-corrected chi connectivity index (χ1v) is 7.44. The lowest BCUT2D eigenvalue weighted by Crippen LogP contribution is -2.10. The monoisotopic (exact) mass is 308 g/mol. The van der Waals surface area contributed by atoms with Gasteiger partial charge in [-0.05, 0) is 36.6 Å². The van der Waals surface area contributed by atoms with Crippen molar-refractivity contribution < 1.29 is 14.3 Å². The molecule has 0 aliphatic rings. The summed E-state index contributed by atoms with van der Waals surface area (Å²) in [6.07, 6.45) is 1.93. The summed E-state index contributed by atoms with van der Waals surface area (Å²) in [5.74, 6) is 0.360. The minimum absolute atomic E-state index is 0.337. The molecule has 0 aliphatic carbocycles. The molecule has 0 unspecified atom stereocenters. The highest BCUT2D eigenvalue weighted by atomic mass is 35.5. The van der Waals surface area contributed by atoms with E-state index < -0.39 is 5.97 Å². The Bertz CT molecular complexity index is 628. The molecule has 0 saturated carbocycles. The van der Waals surface area contributed by atoms with Crippen LogP contribution in [0.25, 0.3) is 0 Å². The molecule has 2 rings (SSSR count). The Morgan fingerprint density at radius 2 is 1.85 bits per heavy atom. The van der Waals surface area contributed by atoms with Crippen molar-refractivity contribution in [1.82, 2.24) is 0 Å². The number of carbonyl (C=O) groups excluding carboxylic acids is 1. The molecule has 0 radical (unpaired) electrons. The summed E-state index contributed by atoms with van der Waals surface area (Å²) in [6, 6.07) is 12.2. The molecule has 0 aliphatic heterocycles. The van der Waals surface area contributed by atoms with E-state index in [9.17, 15) is 4.79 Å². The van der Waals surface area contributed by atoms with Gasteiger partial charge in [0, 0.05) is 4.90 Å². The number of ether oxygens (including phenoxy) is 2. The Morgan fingerprint density at radius 3 is 2.50 bits per heavy atom. The molecule has 0 amide bonds. The predicted molar refractivity (Wildman–Crippen MR) is 81.2 cm³/mol. The highest BCUT2D eigenvalue weighted by Crippen LogP contribution is 2.29. The number of rotatable bonds is 4. The van der Waals surface area contributed by atoms with Crippen LogP contribution in [0.5, 0.6) is 11.5 Å². The Hall–Kier alpha value is -1.65. The zero-order chi connectivity index (χ0) is 14.5. The van der Waals surface area contributed by atoms with Gasteiger partial charge in [0.25, 0.3) is 0 Å². The number of methoxy groups -OCH3 is 1. The standard InChI is InChI=1S/C15H13ClO3S/c1-18-13-5-3-4-6-14(13)19-15(17)11-9-10(20-2)7-8-12(11)16/h3-9H,1-2H3. The van der Waals surface area contributed by atoms with Crippen molar-refractivity contribution >= 4 is 29.3 Å². The third-order valence-electron chi connectivity index (χ3n) is 2.67. The topological polar surface area (TPSA) is 35.5 Å². The molecule has 0 N–H and O–H groups in total. The van der Waals surface area contributed by atoms with Gasteiger partial charge in [0.2, 0.25) is 0 Å². The predicted octanol–water partition coefficient (Wildman–Crippen LogP) is 4.29. The molecule has 0 bridgehead atoms. The van der Waals surface area contributed by atoms with E-state index in [1.165, 1.54) is 18.9 Å². The number of esters is 1. The quantitative estimate of drug-likeness (QED) is 0.479. The van der Waals surface area contributed by atoms with Crippen molar-refractivity contribution in [1.29, 1.82) is 0 Å². The molecule has 0 fully saturated rings. The average molecular weight is 309 g/mol. The van der Waals surface area contributed by atoms with Crippen molar-refractivity contribution in [3.8, 4) is 11.5 Å². The number of benzene rings is 2. The normalized spacial score (nSPS) is 10.2. The maximum absolute atomic E-state index is 12.2. The van der Waals surface area contributed by atoms with Crippen LogP contribution in [0.4, 0.5) is 0 Å². The summed E-state index contributed by atoms with van der Waals surface area (Å²) in [4.78, 5) is 13.1. The van der Waals surface area contributed by atoms with E-state index >= 15 is 0 Å². The van der Waals surface area contributed by atoms with Crippen LogP contribution in [0.2, 0.25) is 5.02 Å². The SMILES string of the molecule is COc1ccccc1OC(=O)c1cc(SC)ccc1Cl. The molecular formula is C15H13ClO3S. The van der Waals surface area contributed by atoms with Crippen molar-refractivity contribution in [3.05, 3.63) is 53.1 Å². The maximum atomic E-state index is 12.2. The second-order valence-electron chi connectivity index (χ2n) is 3.89. The fraction of sp³-hybridized carbons (Fsp3) is 0.133. The van der Waals surface area contributed by atoms with Gasteiger partial charge in [-0.15, -0.1) is 11.8 Å². The third kappa shape index (κ3) is 3.26. The lowest BCUT2D eigenvalue weighted by atomic mass is 10.2. The molecule has 5 heteroatoms. The van der Waals surface area contributed by atoms with Gasteiger partial charge >= 0.3 is 5.97 Å². The van der Waals surface area contributed by atoms with Gasteiger partial charge in [-0.1, -0.05) is 23.7 Å². The van der Waals surface area contributed by atoms with Gasteiger partial charge in [-0.25, -0.2) is 4.79 Å². The molecule has 2 aromatic carbocycles. The van der Waals surface area contributed by atoms with Gasteiger partial charge in [0.15, 0.2) is 11.5 Å². The van der Waals surface area contributed by atoms with Crippen LogP contribution in [0.3, 0.4) is 0 Å². The van der Waals surface area contributed by atoms with Crippen molar-refractivity contribution in [2.75, 3.05) is 13.4 Å². The van der Waals surface area contributed by atoms with Crippen LogP contribution in [-0.4, -0.2) is 19.3 Å². The lowest BCUT2D eigenvalue weighted by molar-refractivity contribution is 0.0729. The van der Waals surface area contributed by atoms with Crippen molar-refractivity contribution in [2.24, 2.45) is 0 Å². The third-order valence-corrected chi connectivity index (χ3v) is 3.72. The number of thioether (sulfide) groups is 1. The summed E-state index contributed by atoms with van der Waals surface area (Å²) in [6.45, 7) is 0. The van der Waals surface area contributed by atoms with Crippen molar-refractivity contribution in [2.45, 2.75) is 4.90 Å². The zero-order valence-corrected chi connectivity index (χ0v) is 12.6. The summed E-state index contributed by atoms with van der Waals surface area (Å²) in [5, 5.41) is 0.364. The Balaban J connectivity index is 2.28. The smallest absolute Gasteiger partial charge is 0.345 e. The average Bonchev–Trinajstić information content (AvgIpc) is 2.48. The van der Waals surface area contributed by atoms with Crippen LogP contribution in [-0.2, 0) is 0 Å². The fourth-order valence-corrected chi connectivity index (χ4v) is 2.28. The highest BCUT2D eigenvalue weighted by Gasteiger charge is 2.15. The largest absolute Gasteiger partial charge is 0.493 e. The first-order chi connectivity index (χ1) is 9.65. The van der Waals surface area contributed by atoms with E-state index in [2.05, 4.69) is 0 Å². The highest BCUT2D eigenvalue weighted by molar-refractivity contribution is 7.98. The van der Waals surface area contributed by atoms with E-state index in [0.29, 0.717) is 22.1 Å². The molecular weight excluding hydrogens is 296 g/mol. The number of carbonyl (C=O) groups is 1. The van der Waals surface area contributed by atoms with Crippen LogP contribution in [0, 0.1) is 0 Å². The number of hydrogen-bond acceptors (Lipinski definition) is 4. The number of halogens is 1. The second-order valence-corrected chi connectivity index (χ2v) is 5.17. The first kappa shape index (κ1) is 14.8. The molecule has 0 atom stereocenters. The number of para-hydroxylation sites is 2. The molecule has 0 heterocycles. The Morgan fingerprint density at radius 1 is 1.15 bits per heavy atom. The van der Waals surface area contributed by atoms with Gasteiger partial charge in [-0.3, -0.25) is 0 Å². The molecule has 20 heavy (non-hydrogen) atoms. The van der Waals surface area contributed by atoms with Gasteiger partial charge < -0.3 is 9.47 Å².